The molecule has 3 rings (SSSR count). The van der Waals surface area contributed by atoms with Gasteiger partial charge in [-0.2, -0.15) is 0 Å². The Morgan fingerprint density at radius 1 is 1.16 bits per heavy atom. The van der Waals surface area contributed by atoms with Gasteiger partial charge in [0, 0.05) is 34.4 Å². The zero-order chi connectivity index (χ0) is 18.0. The van der Waals surface area contributed by atoms with Crippen LogP contribution in [0.3, 0.4) is 0 Å². The Labute approximate surface area is 150 Å². The molecule has 2 atom stereocenters. The van der Waals surface area contributed by atoms with E-state index in [1.54, 1.807) is 41.9 Å². The van der Waals surface area contributed by atoms with Crippen LogP contribution in [0.5, 0.6) is 0 Å². The quantitative estimate of drug-likeness (QED) is 0.579. The van der Waals surface area contributed by atoms with Crippen molar-refractivity contribution in [1.82, 2.24) is 10.8 Å². The molecule has 25 heavy (non-hydrogen) atoms. The molecular weight excluding hydrogens is 342 g/mol. The maximum absolute atomic E-state index is 11.8. The number of benzene rings is 2. The summed E-state index contributed by atoms with van der Waals surface area (Å²) in [7, 11) is 0. The molecule has 6 nitrogen and oxygen atoms in total. The first-order chi connectivity index (χ1) is 12.0. The standard InChI is InChI=1S/C18H18ClN3O3/c1-11-16(10-17(23)20-11)22(15-8-4-13(19)5-9-15)14-6-2-12(3-7-14)18(24)21-25/h2-9,11,16,25H,10H2,1H3,(H,20,23)(H,21,24). The Hall–Kier alpha value is -2.57. The molecule has 2 aromatic carbocycles. The predicted octanol–water partition coefficient (Wildman–Crippen LogP) is 2.87. The van der Waals surface area contributed by atoms with Gasteiger partial charge in [0.05, 0.1) is 6.04 Å². The summed E-state index contributed by atoms with van der Waals surface area (Å²) >= 11 is 5.99. The topological polar surface area (TPSA) is 81.7 Å². The summed E-state index contributed by atoms with van der Waals surface area (Å²) < 4.78 is 0. The smallest absolute Gasteiger partial charge is 0.274 e. The zero-order valence-corrected chi connectivity index (χ0v) is 14.3. The Morgan fingerprint density at radius 3 is 2.20 bits per heavy atom. The van der Waals surface area contributed by atoms with Gasteiger partial charge in [0.15, 0.2) is 0 Å². The van der Waals surface area contributed by atoms with Crippen molar-refractivity contribution in [3.8, 4) is 0 Å². The molecule has 2 unspecified atom stereocenters. The third-order valence-electron chi connectivity index (χ3n) is 4.31. The van der Waals surface area contributed by atoms with Crippen LogP contribution >= 0.6 is 11.6 Å². The number of hydrogen-bond acceptors (Lipinski definition) is 4. The number of carbonyl (C=O) groups excluding carboxylic acids is 2. The van der Waals surface area contributed by atoms with Crippen molar-refractivity contribution < 1.29 is 14.8 Å². The van der Waals surface area contributed by atoms with Crippen LogP contribution in [0.4, 0.5) is 11.4 Å². The molecule has 0 saturated carbocycles. The van der Waals surface area contributed by atoms with E-state index in [1.165, 1.54) is 0 Å². The lowest BCUT2D eigenvalue weighted by atomic mass is 10.1. The second-order valence-corrected chi connectivity index (χ2v) is 6.40. The maximum atomic E-state index is 11.8. The molecule has 0 aliphatic carbocycles. The lowest BCUT2D eigenvalue weighted by Gasteiger charge is -2.33. The van der Waals surface area contributed by atoms with E-state index in [-0.39, 0.29) is 18.0 Å². The summed E-state index contributed by atoms with van der Waals surface area (Å²) in [6, 6.07) is 14.1. The first-order valence-electron chi connectivity index (χ1n) is 7.88. The highest BCUT2D eigenvalue weighted by Crippen LogP contribution is 2.33. The molecule has 0 aromatic heterocycles. The van der Waals surface area contributed by atoms with E-state index in [4.69, 9.17) is 16.8 Å². The molecule has 1 aliphatic rings. The molecule has 2 amide bonds. The predicted molar refractivity (Wildman–Crippen MR) is 95.3 cm³/mol. The van der Waals surface area contributed by atoms with Crippen molar-refractivity contribution in [2.45, 2.75) is 25.4 Å². The molecular formula is C18H18ClN3O3. The highest BCUT2D eigenvalue weighted by Gasteiger charge is 2.34. The van der Waals surface area contributed by atoms with E-state index >= 15 is 0 Å². The van der Waals surface area contributed by atoms with Crippen LogP contribution in [-0.4, -0.2) is 29.1 Å². The van der Waals surface area contributed by atoms with Gasteiger partial charge in [-0.05, 0) is 55.5 Å². The molecule has 1 aliphatic heterocycles. The van der Waals surface area contributed by atoms with Crippen LogP contribution in [0, 0.1) is 0 Å². The fourth-order valence-electron chi connectivity index (χ4n) is 3.06. The van der Waals surface area contributed by atoms with E-state index in [2.05, 4.69) is 10.2 Å². The molecule has 1 heterocycles. The third-order valence-corrected chi connectivity index (χ3v) is 4.56. The molecule has 0 spiro atoms. The number of nitrogens with one attached hydrogen (secondary N) is 2. The van der Waals surface area contributed by atoms with Crippen molar-refractivity contribution in [3.63, 3.8) is 0 Å². The Morgan fingerprint density at radius 2 is 1.72 bits per heavy atom. The molecule has 2 aromatic rings. The largest absolute Gasteiger partial charge is 0.351 e. The van der Waals surface area contributed by atoms with E-state index in [0.29, 0.717) is 17.0 Å². The summed E-state index contributed by atoms with van der Waals surface area (Å²) in [5, 5.41) is 12.3. The Bertz CT molecular complexity index is 777. The minimum absolute atomic E-state index is 0.00717. The van der Waals surface area contributed by atoms with Gasteiger partial charge in [-0.3, -0.25) is 14.8 Å². The van der Waals surface area contributed by atoms with Crippen LogP contribution < -0.4 is 15.7 Å². The number of anilines is 2. The number of nitrogens with zero attached hydrogens (tertiary/aromatic N) is 1. The lowest BCUT2D eigenvalue weighted by Crippen LogP contribution is -2.39. The second-order valence-electron chi connectivity index (χ2n) is 5.96. The normalized spacial score (nSPS) is 19.4. The minimum atomic E-state index is -0.573. The van der Waals surface area contributed by atoms with Gasteiger partial charge in [-0.15, -0.1) is 0 Å². The number of hydroxylamine groups is 1. The first-order valence-corrected chi connectivity index (χ1v) is 8.26. The molecule has 0 radical (unpaired) electrons. The average Bonchev–Trinajstić information content (AvgIpc) is 2.95. The Balaban J connectivity index is 2.00. The van der Waals surface area contributed by atoms with Crippen LogP contribution in [0.2, 0.25) is 5.02 Å². The fourth-order valence-corrected chi connectivity index (χ4v) is 3.19. The monoisotopic (exact) mass is 359 g/mol. The van der Waals surface area contributed by atoms with Gasteiger partial charge in [-0.1, -0.05) is 11.6 Å². The summed E-state index contributed by atoms with van der Waals surface area (Å²) in [5.74, 6) is -0.566. The van der Waals surface area contributed by atoms with Crippen LogP contribution in [0.15, 0.2) is 48.5 Å². The van der Waals surface area contributed by atoms with E-state index in [0.717, 1.165) is 11.4 Å². The molecule has 3 N–H and O–H groups in total. The average molecular weight is 360 g/mol. The number of halogens is 1. The van der Waals surface area contributed by atoms with Crippen molar-refractivity contribution in [2.75, 3.05) is 4.90 Å². The van der Waals surface area contributed by atoms with Crippen molar-refractivity contribution in [3.05, 3.63) is 59.1 Å². The van der Waals surface area contributed by atoms with Gasteiger partial charge >= 0.3 is 0 Å². The number of rotatable bonds is 4. The van der Waals surface area contributed by atoms with Gasteiger partial charge in [0.1, 0.15) is 0 Å². The molecule has 7 heteroatoms. The number of hydrogen-bond donors (Lipinski definition) is 3. The number of amides is 2. The third kappa shape index (κ3) is 3.60. The van der Waals surface area contributed by atoms with Gasteiger partial charge in [-0.25, -0.2) is 5.48 Å². The van der Waals surface area contributed by atoms with E-state index < -0.39 is 5.91 Å². The first kappa shape index (κ1) is 17.3. The van der Waals surface area contributed by atoms with Crippen LogP contribution in [0.25, 0.3) is 0 Å². The highest BCUT2D eigenvalue weighted by atomic mass is 35.5. The summed E-state index contributed by atoms with van der Waals surface area (Å²) in [6.07, 6.45) is 0.378. The van der Waals surface area contributed by atoms with Crippen molar-refractivity contribution in [2.24, 2.45) is 0 Å². The van der Waals surface area contributed by atoms with Gasteiger partial charge in [0.25, 0.3) is 5.91 Å². The molecule has 130 valence electrons. The molecule has 1 fully saturated rings. The number of carbonyl (C=O) groups is 2. The van der Waals surface area contributed by atoms with Gasteiger partial charge < -0.3 is 10.2 Å². The van der Waals surface area contributed by atoms with E-state index in [1.807, 2.05) is 19.1 Å². The van der Waals surface area contributed by atoms with Crippen LogP contribution in [-0.2, 0) is 4.79 Å². The SMILES string of the molecule is CC1NC(=O)CC1N(c1ccc(Cl)cc1)c1ccc(C(=O)NO)cc1. The Kier molecular flexibility index (Phi) is 4.92. The lowest BCUT2D eigenvalue weighted by molar-refractivity contribution is -0.119. The summed E-state index contributed by atoms with van der Waals surface area (Å²) in [4.78, 5) is 25.4. The fraction of sp³-hybridized carbons (Fsp3) is 0.222. The second kappa shape index (κ2) is 7.13. The van der Waals surface area contributed by atoms with Crippen molar-refractivity contribution >= 4 is 34.8 Å². The molecule has 1 saturated heterocycles. The van der Waals surface area contributed by atoms with Crippen molar-refractivity contribution in [1.29, 1.82) is 0 Å². The maximum Gasteiger partial charge on any atom is 0.274 e. The summed E-state index contributed by atoms with van der Waals surface area (Å²) in [5.41, 5.74) is 3.70. The highest BCUT2D eigenvalue weighted by molar-refractivity contribution is 6.30. The van der Waals surface area contributed by atoms with E-state index in [9.17, 15) is 9.59 Å². The zero-order valence-electron chi connectivity index (χ0n) is 13.6. The molecule has 0 bridgehead atoms. The summed E-state index contributed by atoms with van der Waals surface area (Å²) in [6.45, 7) is 1.96. The minimum Gasteiger partial charge on any atom is -0.351 e. The van der Waals surface area contributed by atoms with Gasteiger partial charge in [0.2, 0.25) is 5.91 Å². The van der Waals surface area contributed by atoms with Crippen LogP contribution in [0.1, 0.15) is 23.7 Å².